The average Bonchev–Trinajstić information content (AvgIpc) is 3.23. The maximum atomic E-state index is 11.8. The molecule has 10 nitrogen and oxygen atoms in total. The van der Waals surface area contributed by atoms with Gasteiger partial charge in [-0.2, -0.15) is 0 Å². The first-order valence-corrected chi connectivity index (χ1v) is 7.45. The average molecular weight is 350 g/mol. The van der Waals surface area contributed by atoms with Crippen LogP contribution in [0.2, 0.25) is 0 Å². The summed E-state index contributed by atoms with van der Waals surface area (Å²) in [5, 5.41) is 20.4. The summed E-state index contributed by atoms with van der Waals surface area (Å²) < 4.78 is 15.6. The predicted octanol–water partition coefficient (Wildman–Crippen LogP) is 2.04. The molecule has 0 unspecified atom stereocenters. The normalized spacial score (nSPS) is 13.9. The molecule has 124 valence electrons. The molecule has 1 N–H and O–H groups in total. The Kier molecular flexibility index (Phi) is 4.52. The highest BCUT2D eigenvalue weighted by atomic mass is 32.1. The molecule has 1 amide bonds. The minimum atomic E-state index is -0.518. The lowest BCUT2D eigenvalue weighted by Crippen LogP contribution is -2.08. The van der Waals surface area contributed by atoms with Gasteiger partial charge in [0.05, 0.1) is 4.92 Å². The topological polar surface area (TPSA) is 130 Å². The number of nitrogens with zero attached hydrogens (tertiary/aromatic N) is 3. The summed E-state index contributed by atoms with van der Waals surface area (Å²) in [4.78, 5) is 22.5. The van der Waals surface area contributed by atoms with Crippen LogP contribution in [-0.2, 0) is 14.3 Å². The third-order valence-electron chi connectivity index (χ3n) is 2.71. The molecule has 0 saturated heterocycles. The van der Waals surface area contributed by atoms with E-state index in [1.54, 1.807) is 6.07 Å². The van der Waals surface area contributed by atoms with E-state index in [0.717, 1.165) is 11.3 Å². The lowest BCUT2D eigenvalue weighted by atomic mass is 10.4. The molecule has 0 atom stereocenters. The molecular weight excluding hydrogens is 340 g/mol. The summed E-state index contributed by atoms with van der Waals surface area (Å²) in [6.45, 7) is 0.804. The van der Waals surface area contributed by atoms with Crippen LogP contribution >= 0.6 is 11.3 Å². The molecule has 3 heterocycles. The van der Waals surface area contributed by atoms with Gasteiger partial charge in [0, 0.05) is 17.0 Å². The second-order valence-electron chi connectivity index (χ2n) is 4.37. The lowest BCUT2D eigenvalue weighted by molar-refractivity contribution is -0.380. The molecule has 3 rings (SSSR count). The fourth-order valence-electron chi connectivity index (χ4n) is 1.69. The zero-order valence-electron chi connectivity index (χ0n) is 12.0. The van der Waals surface area contributed by atoms with Gasteiger partial charge in [-0.1, -0.05) is 16.4 Å². The highest BCUT2D eigenvalue weighted by Crippen LogP contribution is 2.25. The van der Waals surface area contributed by atoms with Crippen molar-refractivity contribution in [2.75, 3.05) is 18.5 Å². The Balaban J connectivity index is 1.60. The number of ether oxygens (including phenoxy) is 2. The number of rotatable bonds is 5. The van der Waals surface area contributed by atoms with E-state index in [-0.39, 0.29) is 22.7 Å². The third kappa shape index (κ3) is 3.76. The van der Waals surface area contributed by atoms with E-state index in [1.807, 2.05) is 0 Å². The molecule has 0 bridgehead atoms. The second kappa shape index (κ2) is 6.91. The van der Waals surface area contributed by atoms with Gasteiger partial charge in [-0.25, -0.2) is 0 Å². The maximum Gasteiger partial charge on any atom is 0.324 e. The van der Waals surface area contributed by atoms with Crippen LogP contribution in [0.4, 0.5) is 11.0 Å². The Morgan fingerprint density at radius 3 is 2.96 bits per heavy atom. The summed E-state index contributed by atoms with van der Waals surface area (Å²) in [5.41, 5.74) is 0. The molecule has 0 spiro atoms. The van der Waals surface area contributed by atoms with Gasteiger partial charge in [-0.3, -0.25) is 20.2 Å². The highest BCUT2D eigenvalue weighted by molar-refractivity contribution is 7.16. The van der Waals surface area contributed by atoms with Crippen molar-refractivity contribution in [3.8, 4) is 0 Å². The first-order chi connectivity index (χ1) is 11.6. The van der Waals surface area contributed by atoms with Crippen molar-refractivity contribution >= 4 is 40.1 Å². The molecule has 0 saturated carbocycles. The maximum absolute atomic E-state index is 11.8. The fourth-order valence-corrected chi connectivity index (χ4v) is 2.41. The van der Waals surface area contributed by atoms with Crippen molar-refractivity contribution in [2.24, 2.45) is 0 Å². The van der Waals surface area contributed by atoms with Gasteiger partial charge in [0.15, 0.2) is 0 Å². The summed E-state index contributed by atoms with van der Waals surface area (Å²) in [7, 11) is 0. The second-order valence-corrected chi connectivity index (χ2v) is 5.46. The van der Waals surface area contributed by atoms with Crippen LogP contribution < -0.4 is 5.32 Å². The van der Waals surface area contributed by atoms with Crippen LogP contribution in [0.15, 0.2) is 28.9 Å². The van der Waals surface area contributed by atoms with Gasteiger partial charge >= 0.3 is 11.0 Å². The number of aromatic nitrogens is 2. The number of carbonyl (C=O) groups excluding carboxylic acids is 1. The minimum absolute atomic E-state index is 0.000392. The summed E-state index contributed by atoms with van der Waals surface area (Å²) in [5.74, 6) is -0.144. The van der Waals surface area contributed by atoms with Gasteiger partial charge in [0.2, 0.25) is 5.76 Å². The van der Waals surface area contributed by atoms with Crippen molar-refractivity contribution in [1.29, 1.82) is 0 Å². The zero-order valence-corrected chi connectivity index (χ0v) is 12.8. The SMILES string of the molecule is O=C(C=Cc1ccc([N+](=O)[O-])s1)Nc1nnc(C2=COCCO2)o1. The summed E-state index contributed by atoms with van der Waals surface area (Å²) in [6.07, 6.45) is 4.01. The quantitative estimate of drug-likeness (QED) is 0.492. The van der Waals surface area contributed by atoms with Crippen molar-refractivity contribution in [1.82, 2.24) is 10.2 Å². The molecule has 1 aliphatic heterocycles. The van der Waals surface area contributed by atoms with Crippen LogP contribution in [-0.4, -0.2) is 34.2 Å². The molecule has 0 radical (unpaired) electrons. The van der Waals surface area contributed by atoms with E-state index in [2.05, 4.69) is 15.5 Å². The predicted molar refractivity (Wildman–Crippen MR) is 82.8 cm³/mol. The lowest BCUT2D eigenvalue weighted by Gasteiger charge is -2.11. The van der Waals surface area contributed by atoms with E-state index >= 15 is 0 Å². The first-order valence-electron chi connectivity index (χ1n) is 6.63. The van der Waals surface area contributed by atoms with E-state index in [9.17, 15) is 14.9 Å². The number of amides is 1. The zero-order chi connectivity index (χ0) is 16.9. The standard InChI is InChI=1S/C13H10N4O6S/c18-10(3-1-8-2-4-11(24-8)17(19)20)14-13-16-15-12(23-13)9-7-21-5-6-22-9/h1-4,7H,5-6H2,(H,14,16,18). The highest BCUT2D eigenvalue weighted by Gasteiger charge is 2.16. The number of thiophene rings is 1. The number of hydrogen-bond acceptors (Lipinski definition) is 9. The molecule has 0 fully saturated rings. The Hall–Kier alpha value is -3.21. The van der Waals surface area contributed by atoms with Crippen LogP contribution in [0.1, 0.15) is 10.8 Å². The van der Waals surface area contributed by atoms with Crippen molar-refractivity contribution in [3.05, 3.63) is 45.4 Å². The Labute approximate surface area is 138 Å². The Bertz CT molecular complexity index is 824. The van der Waals surface area contributed by atoms with Gasteiger partial charge in [0.1, 0.15) is 19.5 Å². The minimum Gasteiger partial charge on any atom is -0.494 e. The molecule has 1 aliphatic rings. The monoisotopic (exact) mass is 350 g/mol. The van der Waals surface area contributed by atoms with Crippen LogP contribution in [0.25, 0.3) is 11.8 Å². The van der Waals surface area contributed by atoms with Crippen molar-refractivity contribution in [3.63, 3.8) is 0 Å². The molecular formula is C13H10N4O6S. The molecule has 0 aliphatic carbocycles. The number of anilines is 1. The summed E-state index contributed by atoms with van der Waals surface area (Å²) in [6, 6.07) is 2.81. The van der Waals surface area contributed by atoms with E-state index < -0.39 is 10.8 Å². The van der Waals surface area contributed by atoms with E-state index in [0.29, 0.717) is 18.1 Å². The fraction of sp³-hybridized carbons (Fsp3) is 0.154. The van der Waals surface area contributed by atoms with Crippen molar-refractivity contribution < 1.29 is 23.6 Å². The number of nitrogens with one attached hydrogen (secondary N) is 1. The molecule has 24 heavy (non-hydrogen) atoms. The van der Waals surface area contributed by atoms with E-state index in [4.69, 9.17) is 13.9 Å². The summed E-state index contributed by atoms with van der Waals surface area (Å²) >= 11 is 0.957. The van der Waals surface area contributed by atoms with Crippen LogP contribution in [0.3, 0.4) is 0 Å². The van der Waals surface area contributed by atoms with Crippen LogP contribution in [0.5, 0.6) is 0 Å². The van der Waals surface area contributed by atoms with Gasteiger partial charge in [-0.05, 0) is 12.1 Å². The molecule has 0 aromatic carbocycles. The molecule has 2 aromatic heterocycles. The smallest absolute Gasteiger partial charge is 0.324 e. The van der Waals surface area contributed by atoms with Crippen LogP contribution in [0, 0.1) is 10.1 Å². The van der Waals surface area contributed by atoms with Crippen molar-refractivity contribution in [2.45, 2.75) is 0 Å². The number of carbonyl (C=O) groups is 1. The Morgan fingerprint density at radius 2 is 2.25 bits per heavy atom. The van der Waals surface area contributed by atoms with Gasteiger partial charge < -0.3 is 13.9 Å². The largest absolute Gasteiger partial charge is 0.494 e. The van der Waals surface area contributed by atoms with Gasteiger partial charge in [-0.15, -0.1) is 5.10 Å². The first kappa shape index (κ1) is 15.7. The van der Waals surface area contributed by atoms with Gasteiger partial charge in [0.25, 0.3) is 11.8 Å². The number of hydrogen-bond donors (Lipinski definition) is 1. The Morgan fingerprint density at radius 1 is 1.38 bits per heavy atom. The van der Waals surface area contributed by atoms with E-state index in [1.165, 1.54) is 24.5 Å². The molecule has 11 heteroatoms. The number of nitro groups is 1. The molecule has 2 aromatic rings. The third-order valence-corrected chi connectivity index (χ3v) is 3.71.